The second kappa shape index (κ2) is 12.7. The van der Waals surface area contributed by atoms with Crippen molar-refractivity contribution in [3.05, 3.63) is 58.9 Å². The number of hydrogen-bond acceptors (Lipinski definition) is 6. The fraction of sp³-hybridized carbons (Fsp3) is 0.444. The lowest BCUT2D eigenvalue weighted by molar-refractivity contribution is -0.113. The van der Waals surface area contributed by atoms with E-state index in [9.17, 15) is 9.59 Å². The van der Waals surface area contributed by atoms with E-state index in [0.717, 1.165) is 18.8 Å². The SMILES string of the molecule is CCOCCCn1c(SCC(=O)Nc2ccc(N3CCCCCC3)cc2)nc2ccccc2c1=O. The van der Waals surface area contributed by atoms with Crippen molar-refractivity contribution in [2.75, 3.05) is 42.3 Å². The van der Waals surface area contributed by atoms with Gasteiger partial charge in [0.2, 0.25) is 5.91 Å². The monoisotopic (exact) mass is 494 g/mol. The molecule has 1 aliphatic rings. The molecule has 1 amide bonds. The molecule has 0 bridgehead atoms. The van der Waals surface area contributed by atoms with Gasteiger partial charge in [-0.3, -0.25) is 14.2 Å². The van der Waals surface area contributed by atoms with Gasteiger partial charge in [0.1, 0.15) is 0 Å². The zero-order valence-corrected chi connectivity index (χ0v) is 21.2. The van der Waals surface area contributed by atoms with E-state index < -0.39 is 0 Å². The van der Waals surface area contributed by atoms with Gasteiger partial charge >= 0.3 is 0 Å². The van der Waals surface area contributed by atoms with Crippen molar-refractivity contribution in [3.63, 3.8) is 0 Å². The Labute approximate surface area is 210 Å². The fourth-order valence-corrected chi connectivity index (χ4v) is 5.16. The molecular weight excluding hydrogens is 460 g/mol. The number of fused-ring (bicyclic) bond motifs is 1. The van der Waals surface area contributed by atoms with Crippen LogP contribution in [0.1, 0.15) is 39.0 Å². The maximum atomic E-state index is 13.1. The normalized spacial score (nSPS) is 14.1. The number of rotatable bonds is 10. The Balaban J connectivity index is 1.40. The lowest BCUT2D eigenvalue weighted by Gasteiger charge is -2.22. The molecule has 0 aliphatic carbocycles. The molecule has 1 fully saturated rings. The van der Waals surface area contributed by atoms with E-state index in [1.807, 2.05) is 37.3 Å². The maximum absolute atomic E-state index is 13.1. The van der Waals surface area contributed by atoms with E-state index in [4.69, 9.17) is 4.74 Å². The highest BCUT2D eigenvalue weighted by Crippen LogP contribution is 2.23. The summed E-state index contributed by atoms with van der Waals surface area (Å²) in [4.78, 5) is 32.9. The number of hydrogen-bond donors (Lipinski definition) is 1. The number of ether oxygens (including phenoxy) is 1. The molecule has 0 radical (unpaired) electrons. The van der Waals surface area contributed by atoms with Crippen LogP contribution in [0.3, 0.4) is 0 Å². The average molecular weight is 495 g/mol. The highest BCUT2D eigenvalue weighted by molar-refractivity contribution is 7.99. The fourth-order valence-electron chi connectivity index (χ4n) is 4.34. The van der Waals surface area contributed by atoms with Crippen LogP contribution in [-0.4, -0.2) is 47.5 Å². The van der Waals surface area contributed by atoms with Crippen LogP contribution < -0.4 is 15.8 Å². The molecule has 1 N–H and O–H groups in total. The maximum Gasteiger partial charge on any atom is 0.262 e. The van der Waals surface area contributed by atoms with Gasteiger partial charge in [-0.05, 0) is 62.6 Å². The van der Waals surface area contributed by atoms with Crippen molar-refractivity contribution in [1.82, 2.24) is 9.55 Å². The lowest BCUT2D eigenvalue weighted by Crippen LogP contribution is -2.25. The van der Waals surface area contributed by atoms with Crippen molar-refractivity contribution in [2.45, 2.75) is 50.7 Å². The van der Waals surface area contributed by atoms with E-state index in [2.05, 4.69) is 27.3 Å². The van der Waals surface area contributed by atoms with Gasteiger partial charge in [0.15, 0.2) is 5.16 Å². The highest BCUT2D eigenvalue weighted by atomic mass is 32.2. The number of amides is 1. The van der Waals surface area contributed by atoms with Crippen molar-refractivity contribution < 1.29 is 9.53 Å². The van der Waals surface area contributed by atoms with Crippen LogP contribution in [0.15, 0.2) is 58.5 Å². The van der Waals surface area contributed by atoms with Crippen LogP contribution in [0.2, 0.25) is 0 Å². The summed E-state index contributed by atoms with van der Waals surface area (Å²) in [5.74, 6) is 0.0465. The molecule has 4 rings (SSSR count). The van der Waals surface area contributed by atoms with Gasteiger partial charge in [-0.25, -0.2) is 4.98 Å². The molecule has 2 heterocycles. The summed E-state index contributed by atoms with van der Waals surface area (Å²) in [5, 5.41) is 4.11. The zero-order valence-electron chi connectivity index (χ0n) is 20.4. The van der Waals surface area contributed by atoms with E-state index in [0.29, 0.717) is 42.2 Å². The van der Waals surface area contributed by atoms with Crippen LogP contribution in [0.4, 0.5) is 11.4 Å². The predicted octanol–water partition coefficient (Wildman–Crippen LogP) is 4.93. The number of carbonyl (C=O) groups excluding carboxylic acids is 1. The molecule has 7 nitrogen and oxygen atoms in total. The molecule has 0 atom stereocenters. The largest absolute Gasteiger partial charge is 0.382 e. The molecule has 0 spiro atoms. The van der Waals surface area contributed by atoms with E-state index in [1.54, 1.807) is 10.6 Å². The van der Waals surface area contributed by atoms with Crippen LogP contribution in [0.25, 0.3) is 10.9 Å². The number of anilines is 2. The zero-order chi connectivity index (χ0) is 24.5. The number of para-hydroxylation sites is 1. The first kappa shape index (κ1) is 25.3. The van der Waals surface area contributed by atoms with Gasteiger partial charge in [0.25, 0.3) is 5.56 Å². The molecule has 186 valence electrons. The molecule has 1 saturated heterocycles. The van der Waals surface area contributed by atoms with Crippen molar-refractivity contribution in [1.29, 1.82) is 0 Å². The van der Waals surface area contributed by atoms with E-state index in [1.165, 1.54) is 43.1 Å². The molecule has 35 heavy (non-hydrogen) atoms. The third kappa shape index (κ3) is 6.86. The van der Waals surface area contributed by atoms with Gasteiger partial charge in [-0.1, -0.05) is 36.7 Å². The number of nitrogens with zero attached hydrogens (tertiary/aromatic N) is 3. The number of benzene rings is 2. The summed E-state index contributed by atoms with van der Waals surface area (Å²) < 4.78 is 7.09. The average Bonchev–Trinajstić information content (AvgIpc) is 3.17. The summed E-state index contributed by atoms with van der Waals surface area (Å²) in [6.45, 7) is 5.85. The minimum Gasteiger partial charge on any atom is -0.382 e. The van der Waals surface area contributed by atoms with Gasteiger partial charge in [-0.2, -0.15) is 0 Å². The summed E-state index contributed by atoms with van der Waals surface area (Å²) in [6, 6.07) is 15.4. The quantitative estimate of drug-likeness (QED) is 0.245. The molecule has 2 aromatic carbocycles. The Morgan fingerprint density at radius 3 is 2.54 bits per heavy atom. The summed E-state index contributed by atoms with van der Waals surface area (Å²) in [6.07, 6.45) is 5.77. The molecule has 0 saturated carbocycles. The van der Waals surface area contributed by atoms with Crippen LogP contribution in [0.5, 0.6) is 0 Å². The van der Waals surface area contributed by atoms with Crippen molar-refractivity contribution in [2.24, 2.45) is 0 Å². The number of carbonyl (C=O) groups is 1. The Bertz CT molecular complexity index is 1170. The Hall–Kier alpha value is -2.84. The van der Waals surface area contributed by atoms with Crippen molar-refractivity contribution >= 4 is 39.9 Å². The second-order valence-electron chi connectivity index (χ2n) is 8.70. The first-order chi connectivity index (χ1) is 17.2. The van der Waals surface area contributed by atoms with Gasteiger partial charge < -0.3 is 15.0 Å². The molecular formula is C27H34N4O3S. The third-order valence-electron chi connectivity index (χ3n) is 6.16. The van der Waals surface area contributed by atoms with Crippen LogP contribution in [0, 0.1) is 0 Å². The first-order valence-corrected chi connectivity index (χ1v) is 13.5. The summed E-state index contributed by atoms with van der Waals surface area (Å²) >= 11 is 1.29. The topological polar surface area (TPSA) is 76.5 Å². The summed E-state index contributed by atoms with van der Waals surface area (Å²) in [7, 11) is 0. The Morgan fingerprint density at radius 1 is 1.06 bits per heavy atom. The van der Waals surface area contributed by atoms with Gasteiger partial charge in [0, 0.05) is 44.2 Å². The minimum atomic E-state index is -0.124. The Kier molecular flexibility index (Phi) is 9.20. The number of thioether (sulfide) groups is 1. The summed E-state index contributed by atoms with van der Waals surface area (Å²) in [5.41, 5.74) is 2.54. The van der Waals surface area contributed by atoms with E-state index >= 15 is 0 Å². The smallest absolute Gasteiger partial charge is 0.262 e. The highest BCUT2D eigenvalue weighted by Gasteiger charge is 2.14. The number of aromatic nitrogens is 2. The van der Waals surface area contributed by atoms with Crippen molar-refractivity contribution in [3.8, 4) is 0 Å². The van der Waals surface area contributed by atoms with Crippen LogP contribution >= 0.6 is 11.8 Å². The Morgan fingerprint density at radius 2 is 1.80 bits per heavy atom. The van der Waals surface area contributed by atoms with Gasteiger partial charge in [-0.15, -0.1) is 0 Å². The third-order valence-corrected chi connectivity index (χ3v) is 7.13. The van der Waals surface area contributed by atoms with Gasteiger partial charge in [0.05, 0.1) is 16.7 Å². The molecule has 3 aromatic rings. The molecule has 8 heteroatoms. The first-order valence-electron chi connectivity index (χ1n) is 12.5. The number of nitrogens with one attached hydrogen (secondary N) is 1. The molecule has 0 unspecified atom stereocenters. The van der Waals surface area contributed by atoms with Crippen LogP contribution in [-0.2, 0) is 16.1 Å². The molecule has 1 aliphatic heterocycles. The van der Waals surface area contributed by atoms with E-state index in [-0.39, 0.29) is 17.2 Å². The predicted molar refractivity (Wildman–Crippen MR) is 144 cm³/mol. The molecule has 1 aromatic heterocycles. The lowest BCUT2D eigenvalue weighted by atomic mass is 10.2. The standard InChI is InChI=1S/C27H34N4O3S/c1-2-34-19-9-18-31-26(33)23-10-5-6-11-24(23)29-27(31)35-20-25(32)28-21-12-14-22(15-13-21)30-16-7-3-4-8-17-30/h5-6,10-15H,2-4,7-9,16-20H2,1H3,(H,28,32). The second-order valence-corrected chi connectivity index (χ2v) is 9.65. The minimum absolute atomic E-state index is 0.0842.